The Kier molecular flexibility index (Phi) is 3.90. The van der Waals surface area contributed by atoms with Crippen molar-refractivity contribution < 1.29 is 14.1 Å². The van der Waals surface area contributed by atoms with Gasteiger partial charge in [-0.25, -0.2) is 0 Å². The molecule has 0 fully saturated rings. The van der Waals surface area contributed by atoms with Crippen molar-refractivity contribution in [1.82, 2.24) is 15.4 Å². The van der Waals surface area contributed by atoms with Crippen LogP contribution in [0, 0.1) is 6.92 Å². The van der Waals surface area contributed by atoms with Crippen LogP contribution in [0.25, 0.3) is 0 Å². The molecule has 1 aliphatic rings. The van der Waals surface area contributed by atoms with Crippen molar-refractivity contribution >= 4 is 11.8 Å². The van der Waals surface area contributed by atoms with Gasteiger partial charge in [0.05, 0.1) is 6.20 Å². The van der Waals surface area contributed by atoms with Crippen molar-refractivity contribution in [1.29, 1.82) is 0 Å². The first-order valence-corrected chi connectivity index (χ1v) is 7.59. The molecule has 6 heteroatoms. The zero-order chi connectivity index (χ0) is 16.6. The van der Waals surface area contributed by atoms with Crippen molar-refractivity contribution in [3.63, 3.8) is 0 Å². The molecule has 1 aromatic carbocycles. The Hall–Kier alpha value is -2.63. The smallest absolute Gasteiger partial charge is 0.290 e. The highest BCUT2D eigenvalue weighted by Crippen LogP contribution is 2.28. The predicted molar refractivity (Wildman–Crippen MR) is 83.9 cm³/mol. The minimum Gasteiger partial charge on any atom is -0.351 e. The van der Waals surface area contributed by atoms with Gasteiger partial charge in [0.2, 0.25) is 5.76 Å². The Morgan fingerprint density at radius 2 is 2.22 bits per heavy atom. The Bertz CT molecular complexity index is 751. The first kappa shape index (κ1) is 15.3. The number of rotatable bonds is 4. The number of aromatic nitrogens is 1. The molecule has 0 aliphatic carbocycles. The zero-order valence-corrected chi connectivity index (χ0v) is 13.4. The number of benzene rings is 1. The summed E-state index contributed by atoms with van der Waals surface area (Å²) < 4.78 is 4.82. The number of carbonyl (C=O) groups is 2. The largest absolute Gasteiger partial charge is 0.351 e. The molecule has 0 atom stereocenters. The van der Waals surface area contributed by atoms with Crippen molar-refractivity contribution in [2.75, 3.05) is 0 Å². The molecule has 0 spiro atoms. The normalized spacial score (nSPS) is 13.6. The number of fused-ring (bicyclic) bond motifs is 1. The quantitative estimate of drug-likeness (QED) is 0.939. The van der Waals surface area contributed by atoms with Crippen molar-refractivity contribution in [3.8, 4) is 0 Å². The summed E-state index contributed by atoms with van der Waals surface area (Å²) >= 11 is 0. The highest BCUT2D eigenvalue weighted by molar-refractivity contribution is 6.00. The highest BCUT2D eigenvalue weighted by atomic mass is 16.5. The van der Waals surface area contributed by atoms with Gasteiger partial charge in [-0.3, -0.25) is 9.59 Å². The van der Waals surface area contributed by atoms with Crippen LogP contribution in [0.4, 0.5) is 0 Å². The third-order valence-corrected chi connectivity index (χ3v) is 4.03. The molecule has 3 rings (SSSR count). The van der Waals surface area contributed by atoms with Gasteiger partial charge < -0.3 is 14.7 Å². The van der Waals surface area contributed by atoms with E-state index in [9.17, 15) is 9.59 Å². The summed E-state index contributed by atoms with van der Waals surface area (Å²) in [6.07, 6.45) is 1.43. The van der Waals surface area contributed by atoms with Gasteiger partial charge in [-0.1, -0.05) is 17.3 Å². The van der Waals surface area contributed by atoms with Gasteiger partial charge in [-0.2, -0.15) is 0 Å². The van der Waals surface area contributed by atoms with Crippen LogP contribution < -0.4 is 5.32 Å². The van der Waals surface area contributed by atoms with E-state index in [4.69, 9.17) is 4.52 Å². The summed E-state index contributed by atoms with van der Waals surface area (Å²) in [5.74, 6) is -0.0330. The van der Waals surface area contributed by atoms with Crippen LogP contribution in [0.3, 0.4) is 0 Å². The molecule has 1 aromatic heterocycles. The lowest BCUT2D eigenvalue weighted by molar-refractivity contribution is 0.0730. The van der Waals surface area contributed by atoms with E-state index in [2.05, 4.69) is 10.5 Å². The fraction of sp³-hybridized carbons (Fsp3) is 0.353. The maximum atomic E-state index is 12.4. The van der Waals surface area contributed by atoms with Gasteiger partial charge in [0.25, 0.3) is 11.8 Å². The van der Waals surface area contributed by atoms with Crippen LogP contribution in [0.5, 0.6) is 0 Å². The summed E-state index contributed by atoms with van der Waals surface area (Å²) in [4.78, 5) is 26.2. The molecule has 0 radical (unpaired) electrons. The maximum absolute atomic E-state index is 12.4. The summed E-state index contributed by atoms with van der Waals surface area (Å²) in [5.41, 5.74) is 3.73. The molecule has 23 heavy (non-hydrogen) atoms. The second-order valence-corrected chi connectivity index (χ2v) is 6.03. The summed E-state index contributed by atoms with van der Waals surface area (Å²) in [7, 11) is 0. The lowest BCUT2D eigenvalue weighted by atomic mass is 10.0. The van der Waals surface area contributed by atoms with Gasteiger partial charge in [0, 0.05) is 30.8 Å². The molecular formula is C17H19N3O3. The van der Waals surface area contributed by atoms with E-state index >= 15 is 0 Å². The Labute approximate surface area is 134 Å². The standard InChI is InChI=1S/C17H19N3O3/c1-10(2)20-9-13-7-12(6-11(3)15(13)17(20)22)8-18-16(21)14-4-5-19-23-14/h4-7,10H,8-9H2,1-3H3,(H,18,21). The third kappa shape index (κ3) is 2.84. The van der Waals surface area contributed by atoms with Gasteiger partial charge in [-0.15, -0.1) is 0 Å². The predicted octanol–water partition coefficient (Wildman–Crippen LogP) is 2.28. The molecule has 6 nitrogen and oxygen atoms in total. The van der Waals surface area contributed by atoms with Gasteiger partial charge in [0.15, 0.2) is 0 Å². The van der Waals surface area contributed by atoms with Crippen LogP contribution >= 0.6 is 0 Å². The number of amides is 2. The molecule has 2 heterocycles. The number of nitrogens with zero attached hydrogens (tertiary/aromatic N) is 2. The molecule has 2 aromatic rings. The van der Waals surface area contributed by atoms with Crippen LogP contribution in [0.15, 0.2) is 28.9 Å². The number of hydrogen-bond donors (Lipinski definition) is 1. The first-order chi connectivity index (χ1) is 11.0. The molecule has 0 saturated heterocycles. The van der Waals surface area contributed by atoms with Crippen molar-refractivity contribution in [2.24, 2.45) is 0 Å². The molecule has 0 saturated carbocycles. The van der Waals surface area contributed by atoms with E-state index < -0.39 is 0 Å². The van der Waals surface area contributed by atoms with Crippen LogP contribution in [-0.2, 0) is 13.1 Å². The minimum absolute atomic E-state index is 0.0877. The van der Waals surface area contributed by atoms with Crippen LogP contribution in [0.2, 0.25) is 0 Å². The third-order valence-electron chi connectivity index (χ3n) is 4.03. The van der Waals surface area contributed by atoms with E-state index in [0.29, 0.717) is 13.1 Å². The lowest BCUT2D eigenvalue weighted by Gasteiger charge is -2.19. The summed E-state index contributed by atoms with van der Waals surface area (Å²) in [5, 5.41) is 6.31. The minimum atomic E-state index is -0.305. The molecule has 1 N–H and O–H groups in total. The Morgan fingerprint density at radius 3 is 2.87 bits per heavy atom. The van der Waals surface area contributed by atoms with Crippen molar-refractivity contribution in [3.05, 3.63) is 52.4 Å². The molecule has 0 bridgehead atoms. The van der Waals surface area contributed by atoms with E-state index in [1.54, 1.807) is 0 Å². The molecule has 2 amide bonds. The number of carbonyl (C=O) groups excluding carboxylic acids is 2. The number of nitrogens with one attached hydrogen (secondary N) is 1. The molecule has 1 aliphatic heterocycles. The zero-order valence-electron chi connectivity index (χ0n) is 13.4. The second kappa shape index (κ2) is 5.87. The molecular weight excluding hydrogens is 294 g/mol. The molecule has 120 valence electrons. The first-order valence-electron chi connectivity index (χ1n) is 7.59. The monoisotopic (exact) mass is 313 g/mol. The lowest BCUT2D eigenvalue weighted by Crippen LogP contribution is -2.30. The van der Waals surface area contributed by atoms with E-state index in [-0.39, 0.29) is 23.6 Å². The highest BCUT2D eigenvalue weighted by Gasteiger charge is 2.30. The fourth-order valence-electron chi connectivity index (χ4n) is 2.89. The second-order valence-electron chi connectivity index (χ2n) is 6.03. The SMILES string of the molecule is Cc1cc(CNC(=O)c2ccno2)cc2c1C(=O)N(C(C)C)C2. The Morgan fingerprint density at radius 1 is 1.43 bits per heavy atom. The van der Waals surface area contributed by atoms with E-state index in [1.807, 2.05) is 37.8 Å². The van der Waals surface area contributed by atoms with Crippen LogP contribution in [-0.4, -0.2) is 27.9 Å². The average Bonchev–Trinajstić information content (AvgIpc) is 3.13. The van der Waals surface area contributed by atoms with Crippen LogP contribution in [0.1, 0.15) is 51.5 Å². The maximum Gasteiger partial charge on any atom is 0.290 e. The van der Waals surface area contributed by atoms with Gasteiger partial charge in [0.1, 0.15) is 0 Å². The van der Waals surface area contributed by atoms with E-state index in [1.165, 1.54) is 12.3 Å². The summed E-state index contributed by atoms with van der Waals surface area (Å²) in [6, 6.07) is 5.62. The molecule has 0 unspecified atom stereocenters. The van der Waals surface area contributed by atoms with Crippen molar-refractivity contribution in [2.45, 2.75) is 39.9 Å². The number of hydrogen-bond acceptors (Lipinski definition) is 4. The van der Waals surface area contributed by atoms with Gasteiger partial charge in [-0.05, 0) is 37.5 Å². The fourth-order valence-corrected chi connectivity index (χ4v) is 2.89. The number of aryl methyl sites for hydroxylation is 1. The summed E-state index contributed by atoms with van der Waals surface area (Å²) in [6.45, 7) is 6.96. The van der Waals surface area contributed by atoms with Gasteiger partial charge >= 0.3 is 0 Å². The Balaban J connectivity index is 1.77. The topological polar surface area (TPSA) is 75.4 Å². The van der Waals surface area contributed by atoms with E-state index in [0.717, 1.165) is 22.3 Å². The average molecular weight is 313 g/mol.